The highest BCUT2D eigenvalue weighted by Gasteiger charge is 2.60. The van der Waals surface area contributed by atoms with Crippen molar-refractivity contribution in [2.45, 2.75) is 77.9 Å². The first-order chi connectivity index (χ1) is 12.2. The van der Waals surface area contributed by atoms with Crippen LogP contribution >= 0.6 is 0 Å². The normalized spacial score (nSPS) is 50.7. The molecule has 3 nitrogen and oxygen atoms in total. The molecule has 0 aromatic carbocycles. The Kier molecular flexibility index (Phi) is 4.43. The number of allylic oxidation sites excluding steroid dienone is 1. The van der Waals surface area contributed by atoms with E-state index in [1.54, 1.807) is 5.57 Å². The van der Waals surface area contributed by atoms with E-state index in [4.69, 9.17) is 0 Å². The topological polar surface area (TPSA) is 40.5 Å². The quantitative estimate of drug-likeness (QED) is 0.756. The molecule has 146 valence electrons. The number of hydrogen-bond donors (Lipinski definition) is 1. The molecule has 0 aromatic rings. The minimum Gasteiger partial charge on any atom is -0.391 e. The number of hydrogen-bond acceptors (Lipinski definition) is 3. The molecule has 1 N–H and O–H groups in total. The Labute approximate surface area is 159 Å². The van der Waals surface area contributed by atoms with Gasteiger partial charge in [-0.15, -0.1) is 0 Å². The Bertz CT molecular complexity index is 626. The van der Waals surface area contributed by atoms with Crippen molar-refractivity contribution in [1.82, 2.24) is 4.90 Å². The molecule has 0 heterocycles. The van der Waals surface area contributed by atoms with Gasteiger partial charge in [0.1, 0.15) is 5.78 Å². The number of aliphatic hydroxyl groups is 1. The average Bonchev–Trinajstić information content (AvgIpc) is 2.90. The summed E-state index contributed by atoms with van der Waals surface area (Å²) in [5.41, 5.74) is 1.98. The Morgan fingerprint density at radius 1 is 1.19 bits per heavy atom. The molecule has 3 heteroatoms. The Hall–Kier alpha value is -0.670. The molecule has 0 radical (unpaired) electrons. The van der Waals surface area contributed by atoms with Crippen molar-refractivity contribution in [3.63, 3.8) is 0 Å². The number of nitrogens with zero attached hydrogens (tertiary/aromatic N) is 1. The summed E-state index contributed by atoms with van der Waals surface area (Å²) in [6.07, 6.45) is 10.2. The van der Waals surface area contributed by atoms with Gasteiger partial charge in [0.15, 0.2) is 0 Å². The lowest BCUT2D eigenvalue weighted by Gasteiger charge is -2.59. The van der Waals surface area contributed by atoms with Crippen LogP contribution in [0.25, 0.3) is 0 Å². The van der Waals surface area contributed by atoms with Gasteiger partial charge in [0.25, 0.3) is 0 Å². The van der Waals surface area contributed by atoms with Gasteiger partial charge in [-0.05, 0) is 94.5 Å². The standard InChI is InChI=1S/C23H37NO2/c1-14(25)17-8-9-18-16-7-6-15-12-20(24(4)5)21(26)13-23(15,3)19(16)10-11-22(17,18)2/h6,16-21,26H,7-13H2,1-5H3/t16?,17?,18?,19?,20?,21?,22-,23+/m1/s1. The monoisotopic (exact) mass is 359 g/mol. The largest absolute Gasteiger partial charge is 0.391 e. The number of carbonyl (C=O) groups is 1. The van der Waals surface area contributed by atoms with E-state index in [2.05, 4.69) is 38.9 Å². The van der Waals surface area contributed by atoms with E-state index >= 15 is 0 Å². The molecule has 8 atom stereocenters. The van der Waals surface area contributed by atoms with Gasteiger partial charge in [-0.2, -0.15) is 0 Å². The number of carbonyl (C=O) groups excluding carboxylic acids is 1. The summed E-state index contributed by atoms with van der Waals surface area (Å²) in [6.45, 7) is 6.65. The van der Waals surface area contributed by atoms with Gasteiger partial charge in [-0.3, -0.25) is 4.79 Å². The van der Waals surface area contributed by atoms with Crippen molar-refractivity contribution in [3.05, 3.63) is 11.6 Å². The van der Waals surface area contributed by atoms with Crippen LogP contribution in [0.1, 0.15) is 65.7 Å². The lowest BCUT2D eigenvalue weighted by molar-refractivity contribution is -0.127. The van der Waals surface area contributed by atoms with E-state index in [9.17, 15) is 9.90 Å². The fourth-order valence-corrected chi connectivity index (χ4v) is 7.88. The SMILES string of the molecule is CC(=O)C1CCC2C3CC=C4CC(N(C)C)C(O)C[C@]4(C)C3CC[C@]12C. The smallest absolute Gasteiger partial charge is 0.133 e. The van der Waals surface area contributed by atoms with Crippen LogP contribution < -0.4 is 0 Å². The third-order valence-corrected chi connectivity index (χ3v) is 9.29. The summed E-state index contributed by atoms with van der Waals surface area (Å²) in [4.78, 5) is 14.4. The highest BCUT2D eigenvalue weighted by molar-refractivity contribution is 5.79. The molecule has 0 bridgehead atoms. The van der Waals surface area contributed by atoms with Crippen LogP contribution in [0.15, 0.2) is 11.6 Å². The predicted molar refractivity (Wildman–Crippen MR) is 105 cm³/mol. The van der Waals surface area contributed by atoms with Crippen LogP contribution in [0.3, 0.4) is 0 Å². The molecule has 0 aromatic heterocycles. The second kappa shape index (κ2) is 6.17. The van der Waals surface area contributed by atoms with Crippen LogP contribution in [-0.2, 0) is 4.79 Å². The number of rotatable bonds is 2. The number of fused-ring (bicyclic) bond motifs is 5. The molecule has 0 aliphatic heterocycles. The van der Waals surface area contributed by atoms with Crippen molar-refractivity contribution in [2.75, 3.05) is 14.1 Å². The average molecular weight is 360 g/mol. The summed E-state index contributed by atoms with van der Waals surface area (Å²) >= 11 is 0. The van der Waals surface area contributed by atoms with Crippen molar-refractivity contribution in [1.29, 1.82) is 0 Å². The molecule has 4 aliphatic rings. The number of Topliss-reactive ketones (excluding diaryl/α,β-unsaturated/α-hetero) is 1. The molecule has 0 amide bonds. The molecule has 26 heavy (non-hydrogen) atoms. The minimum absolute atomic E-state index is 0.157. The van der Waals surface area contributed by atoms with Crippen LogP contribution in [0.4, 0.5) is 0 Å². The number of aliphatic hydroxyl groups excluding tert-OH is 1. The van der Waals surface area contributed by atoms with E-state index < -0.39 is 0 Å². The Balaban J connectivity index is 1.64. The second-order valence-electron chi connectivity index (χ2n) is 10.6. The fraction of sp³-hybridized carbons (Fsp3) is 0.870. The molecule has 3 saturated carbocycles. The highest BCUT2D eigenvalue weighted by Crippen LogP contribution is 2.66. The lowest BCUT2D eigenvalue weighted by Crippen LogP contribution is -2.55. The summed E-state index contributed by atoms with van der Waals surface area (Å²) in [5.74, 6) is 2.77. The molecule has 0 spiro atoms. The van der Waals surface area contributed by atoms with Gasteiger partial charge < -0.3 is 10.0 Å². The van der Waals surface area contributed by atoms with Crippen molar-refractivity contribution in [3.8, 4) is 0 Å². The van der Waals surface area contributed by atoms with E-state index in [-0.39, 0.29) is 28.9 Å². The first kappa shape index (κ1) is 18.7. The Morgan fingerprint density at radius 3 is 2.58 bits per heavy atom. The van der Waals surface area contributed by atoms with Crippen molar-refractivity contribution < 1.29 is 9.90 Å². The van der Waals surface area contributed by atoms with Gasteiger partial charge in [-0.1, -0.05) is 25.5 Å². The molecule has 6 unspecified atom stereocenters. The fourth-order valence-electron chi connectivity index (χ4n) is 7.88. The summed E-state index contributed by atoms with van der Waals surface area (Å²) in [5, 5.41) is 10.9. The zero-order valence-corrected chi connectivity index (χ0v) is 17.3. The molecule has 3 fully saturated rings. The molecular formula is C23H37NO2. The first-order valence-corrected chi connectivity index (χ1v) is 10.7. The van der Waals surface area contributed by atoms with Gasteiger partial charge >= 0.3 is 0 Å². The third kappa shape index (κ3) is 2.49. The number of ketones is 1. The second-order valence-corrected chi connectivity index (χ2v) is 10.6. The van der Waals surface area contributed by atoms with Gasteiger partial charge in [0.2, 0.25) is 0 Å². The minimum atomic E-state index is -0.229. The zero-order chi connectivity index (χ0) is 18.9. The lowest BCUT2D eigenvalue weighted by atomic mass is 9.47. The van der Waals surface area contributed by atoms with Crippen LogP contribution in [0, 0.1) is 34.5 Å². The van der Waals surface area contributed by atoms with Crippen LogP contribution in [0.2, 0.25) is 0 Å². The van der Waals surface area contributed by atoms with Crippen molar-refractivity contribution in [2.24, 2.45) is 34.5 Å². The van der Waals surface area contributed by atoms with Crippen LogP contribution in [-0.4, -0.2) is 42.0 Å². The van der Waals surface area contributed by atoms with Gasteiger partial charge in [0, 0.05) is 12.0 Å². The summed E-state index contributed by atoms with van der Waals surface area (Å²) < 4.78 is 0. The molecule has 0 saturated heterocycles. The van der Waals surface area contributed by atoms with Gasteiger partial charge in [-0.25, -0.2) is 0 Å². The highest BCUT2D eigenvalue weighted by atomic mass is 16.3. The van der Waals surface area contributed by atoms with E-state index in [0.29, 0.717) is 23.5 Å². The number of likely N-dealkylation sites (N-methyl/N-ethyl adjacent to an activating group) is 1. The maximum atomic E-state index is 12.3. The van der Waals surface area contributed by atoms with Crippen molar-refractivity contribution >= 4 is 5.78 Å². The van der Waals surface area contributed by atoms with E-state index in [1.807, 2.05) is 6.92 Å². The zero-order valence-electron chi connectivity index (χ0n) is 17.3. The summed E-state index contributed by atoms with van der Waals surface area (Å²) in [6, 6.07) is 0.258. The Morgan fingerprint density at radius 2 is 1.92 bits per heavy atom. The molecular weight excluding hydrogens is 322 g/mol. The maximum Gasteiger partial charge on any atom is 0.133 e. The molecule has 4 rings (SSSR count). The van der Waals surface area contributed by atoms with Crippen LogP contribution in [0.5, 0.6) is 0 Å². The maximum absolute atomic E-state index is 12.3. The van der Waals surface area contributed by atoms with Gasteiger partial charge in [0.05, 0.1) is 6.10 Å². The predicted octanol–water partition coefficient (Wildman–Crippen LogP) is 4.06. The first-order valence-electron chi connectivity index (χ1n) is 10.7. The third-order valence-electron chi connectivity index (χ3n) is 9.29. The summed E-state index contributed by atoms with van der Waals surface area (Å²) in [7, 11) is 4.18. The van der Waals surface area contributed by atoms with E-state index in [1.165, 1.54) is 25.7 Å². The molecule has 4 aliphatic carbocycles. The van der Waals surface area contributed by atoms with E-state index in [0.717, 1.165) is 19.3 Å².